The predicted octanol–water partition coefficient (Wildman–Crippen LogP) is 3.43. The molecular weight excluding hydrogens is 229 g/mol. The maximum Gasteiger partial charge on any atom is 0.127 e. The minimum Gasteiger partial charge on any atom is -0.375 e. The summed E-state index contributed by atoms with van der Waals surface area (Å²) >= 11 is 0. The average Bonchev–Trinajstić information content (AvgIpc) is 2.27. The summed E-state index contributed by atoms with van der Waals surface area (Å²) in [6.45, 7) is 6.21. The molecule has 1 aliphatic rings. The molecule has 0 radical (unpaired) electrons. The summed E-state index contributed by atoms with van der Waals surface area (Å²) in [5.74, 6) is -0.134. The highest BCUT2D eigenvalue weighted by Gasteiger charge is 2.25. The zero-order valence-corrected chi connectivity index (χ0v) is 11.3. The Labute approximate surface area is 109 Å². The van der Waals surface area contributed by atoms with Gasteiger partial charge in [0.2, 0.25) is 0 Å². The van der Waals surface area contributed by atoms with Crippen LogP contribution in [0.3, 0.4) is 0 Å². The molecule has 0 aromatic heterocycles. The van der Waals surface area contributed by atoms with Gasteiger partial charge in [0.15, 0.2) is 0 Å². The van der Waals surface area contributed by atoms with Crippen molar-refractivity contribution in [3.05, 3.63) is 35.6 Å². The molecule has 1 aliphatic heterocycles. The molecule has 1 aromatic carbocycles. The first-order valence-electron chi connectivity index (χ1n) is 6.72. The van der Waals surface area contributed by atoms with Crippen molar-refractivity contribution in [1.29, 1.82) is 0 Å². The van der Waals surface area contributed by atoms with Gasteiger partial charge in [0, 0.05) is 17.6 Å². The molecule has 0 aliphatic carbocycles. The number of hydrogen-bond donors (Lipinski definition) is 1. The largest absolute Gasteiger partial charge is 0.375 e. The van der Waals surface area contributed by atoms with Gasteiger partial charge in [-0.15, -0.1) is 0 Å². The molecule has 100 valence electrons. The lowest BCUT2D eigenvalue weighted by atomic mass is 9.97. The monoisotopic (exact) mass is 251 g/mol. The molecule has 0 bridgehead atoms. The van der Waals surface area contributed by atoms with Gasteiger partial charge in [-0.25, -0.2) is 4.39 Å². The van der Waals surface area contributed by atoms with E-state index in [1.54, 1.807) is 6.07 Å². The fourth-order valence-electron chi connectivity index (χ4n) is 2.81. The van der Waals surface area contributed by atoms with Gasteiger partial charge in [0.1, 0.15) is 5.82 Å². The van der Waals surface area contributed by atoms with Gasteiger partial charge in [-0.3, -0.25) is 0 Å². The van der Waals surface area contributed by atoms with E-state index in [0.29, 0.717) is 6.04 Å². The van der Waals surface area contributed by atoms with Gasteiger partial charge < -0.3 is 10.1 Å². The molecule has 18 heavy (non-hydrogen) atoms. The summed E-state index contributed by atoms with van der Waals surface area (Å²) in [5.41, 5.74) is 0.740. The van der Waals surface area contributed by atoms with Gasteiger partial charge in [0.25, 0.3) is 0 Å². The Hall–Kier alpha value is -0.930. The Morgan fingerprint density at radius 2 is 1.83 bits per heavy atom. The molecule has 0 amide bonds. The number of ether oxygens (including phenoxy) is 1. The minimum atomic E-state index is -0.134. The summed E-state index contributed by atoms with van der Waals surface area (Å²) in [6.07, 6.45) is 2.53. The van der Waals surface area contributed by atoms with E-state index in [1.807, 2.05) is 19.1 Å². The molecule has 0 saturated carbocycles. The van der Waals surface area contributed by atoms with Crippen LogP contribution in [0.4, 0.5) is 4.39 Å². The van der Waals surface area contributed by atoms with Crippen LogP contribution in [0.2, 0.25) is 0 Å². The number of hydrogen-bond acceptors (Lipinski definition) is 2. The molecule has 1 fully saturated rings. The SMILES string of the molecule is CC1CC(NC(C)c2ccccc2F)CC(C)O1. The van der Waals surface area contributed by atoms with Crippen molar-refractivity contribution in [3.63, 3.8) is 0 Å². The fourth-order valence-corrected chi connectivity index (χ4v) is 2.81. The second kappa shape index (κ2) is 5.81. The van der Waals surface area contributed by atoms with Gasteiger partial charge >= 0.3 is 0 Å². The summed E-state index contributed by atoms with van der Waals surface area (Å²) in [4.78, 5) is 0. The molecule has 2 rings (SSSR count). The van der Waals surface area contributed by atoms with Gasteiger partial charge in [0.05, 0.1) is 12.2 Å². The number of nitrogens with one attached hydrogen (secondary N) is 1. The topological polar surface area (TPSA) is 21.3 Å². The summed E-state index contributed by atoms with van der Waals surface area (Å²) in [5, 5.41) is 3.52. The summed E-state index contributed by atoms with van der Waals surface area (Å²) in [6, 6.07) is 7.41. The zero-order valence-electron chi connectivity index (χ0n) is 11.3. The van der Waals surface area contributed by atoms with Crippen LogP contribution in [0, 0.1) is 5.82 Å². The first kappa shape index (κ1) is 13.5. The number of rotatable bonds is 3. The van der Waals surface area contributed by atoms with Gasteiger partial charge in [-0.2, -0.15) is 0 Å². The second-order valence-corrected chi connectivity index (χ2v) is 5.34. The minimum absolute atomic E-state index is 0.0358. The molecule has 1 heterocycles. The van der Waals surface area contributed by atoms with Crippen molar-refractivity contribution < 1.29 is 9.13 Å². The normalized spacial score (nSPS) is 30.1. The smallest absolute Gasteiger partial charge is 0.127 e. The maximum absolute atomic E-state index is 13.7. The third-order valence-corrected chi connectivity index (χ3v) is 3.55. The standard InChI is InChI=1S/C15H22FNO/c1-10-8-13(9-11(2)18-10)17-12(3)14-6-4-5-7-15(14)16/h4-7,10-13,17H,8-9H2,1-3H3. The third kappa shape index (κ3) is 3.30. The van der Waals surface area contributed by atoms with Gasteiger partial charge in [-0.05, 0) is 39.7 Å². The second-order valence-electron chi connectivity index (χ2n) is 5.34. The van der Waals surface area contributed by atoms with Crippen LogP contribution in [0.1, 0.15) is 45.2 Å². The lowest BCUT2D eigenvalue weighted by Crippen LogP contribution is -2.42. The number of benzene rings is 1. The Bertz CT molecular complexity index is 386. The highest BCUT2D eigenvalue weighted by Crippen LogP contribution is 2.23. The Morgan fingerprint density at radius 3 is 2.44 bits per heavy atom. The van der Waals surface area contributed by atoms with Crippen LogP contribution < -0.4 is 5.32 Å². The highest BCUT2D eigenvalue weighted by molar-refractivity contribution is 5.20. The van der Waals surface area contributed by atoms with Crippen molar-refractivity contribution in [3.8, 4) is 0 Å². The molecule has 3 heteroatoms. The molecular formula is C15H22FNO. The predicted molar refractivity (Wildman–Crippen MR) is 71.0 cm³/mol. The molecule has 0 spiro atoms. The molecule has 1 saturated heterocycles. The van der Waals surface area contributed by atoms with Crippen molar-refractivity contribution in [1.82, 2.24) is 5.32 Å². The van der Waals surface area contributed by atoms with Crippen molar-refractivity contribution in [2.75, 3.05) is 0 Å². The van der Waals surface area contributed by atoms with E-state index >= 15 is 0 Å². The quantitative estimate of drug-likeness (QED) is 0.888. The first-order chi connectivity index (χ1) is 8.56. The van der Waals surface area contributed by atoms with Crippen LogP contribution >= 0.6 is 0 Å². The Morgan fingerprint density at radius 1 is 1.22 bits per heavy atom. The van der Waals surface area contributed by atoms with Crippen molar-refractivity contribution in [2.45, 2.75) is 57.9 Å². The van der Waals surface area contributed by atoms with Crippen molar-refractivity contribution >= 4 is 0 Å². The number of halogens is 1. The van der Waals surface area contributed by atoms with E-state index in [-0.39, 0.29) is 24.1 Å². The summed E-state index contributed by atoms with van der Waals surface area (Å²) < 4.78 is 19.4. The van der Waals surface area contributed by atoms with Crippen molar-refractivity contribution in [2.24, 2.45) is 0 Å². The molecule has 3 atom stereocenters. The lowest BCUT2D eigenvalue weighted by Gasteiger charge is -2.34. The van der Waals surface area contributed by atoms with E-state index in [4.69, 9.17) is 4.74 Å². The van der Waals surface area contributed by atoms with Crippen LogP contribution in [0.5, 0.6) is 0 Å². The maximum atomic E-state index is 13.7. The van der Waals surface area contributed by atoms with Crippen LogP contribution in [0.15, 0.2) is 24.3 Å². The van der Waals surface area contributed by atoms with Crippen LogP contribution in [0.25, 0.3) is 0 Å². The van der Waals surface area contributed by atoms with E-state index in [9.17, 15) is 4.39 Å². The van der Waals surface area contributed by atoms with E-state index in [2.05, 4.69) is 19.2 Å². The van der Waals surface area contributed by atoms with E-state index < -0.39 is 0 Å². The molecule has 1 N–H and O–H groups in total. The van der Waals surface area contributed by atoms with E-state index in [1.165, 1.54) is 6.07 Å². The van der Waals surface area contributed by atoms with Crippen LogP contribution in [-0.4, -0.2) is 18.2 Å². The Balaban J connectivity index is 1.99. The summed E-state index contributed by atoms with van der Waals surface area (Å²) in [7, 11) is 0. The van der Waals surface area contributed by atoms with E-state index in [0.717, 1.165) is 18.4 Å². The van der Waals surface area contributed by atoms with Crippen LogP contribution in [-0.2, 0) is 4.74 Å². The molecule has 1 aromatic rings. The average molecular weight is 251 g/mol. The Kier molecular flexibility index (Phi) is 4.36. The fraction of sp³-hybridized carbons (Fsp3) is 0.600. The molecule has 3 unspecified atom stereocenters. The third-order valence-electron chi connectivity index (χ3n) is 3.55. The lowest BCUT2D eigenvalue weighted by molar-refractivity contribution is -0.0434. The molecule has 2 nitrogen and oxygen atoms in total. The highest BCUT2D eigenvalue weighted by atomic mass is 19.1. The zero-order chi connectivity index (χ0) is 13.1. The first-order valence-corrected chi connectivity index (χ1v) is 6.72. The van der Waals surface area contributed by atoms with Gasteiger partial charge in [-0.1, -0.05) is 18.2 Å².